The number of hydrazone groups is 1. The van der Waals surface area contributed by atoms with Gasteiger partial charge in [-0.3, -0.25) is 15.5 Å². The molecule has 1 aromatic rings. The van der Waals surface area contributed by atoms with E-state index in [9.17, 15) is 10.1 Å². The van der Waals surface area contributed by atoms with Crippen LogP contribution in [-0.2, 0) is 0 Å². The average molecular weight is 244 g/mol. The molecule has 0 aromatic carbocycles. The van der Waals surface area contributed by atoms with Gasteiger partial charge in [-0.1, -0.05) is 11.3 Å². The Morgan fingerprint density at radius 2 is 2.47 bits per heavy atom. The van der Waals surface area contributed by atoms with Gasteiger partial charge in [-0.15, -0.1) is 0 Å². The molecule has 1 rings (SSSR count). The lowest BCUT2D eigenvalue weighted by Gasteiger charge is -1.97. The molecule has 0 atom stereocenters. The Hall–Kier alpha value is -1.54. The molecule has 0 saturated heterocycles. The van der Waals surface area contributed by atoms with E-state index in [1.807, 2.05) is 0 Å². The fraction of sp³-hybridized carbons (Fsp3) is 0.143. The SMILES string of the molecule is CNC(=S)NN=Cc1ccc([N+](=O)[O-])s1. The molecule has 0 bridgehead atoms. The van der Waals surface area contributed by atoms with E-state index in [1.165, 1.54) is 12.3 Å². The van der Waals surface area contributed by atoms with Gasteiger partial charge < -0.3 is 5.32 Å². The van der Waals surface area contributed by atoms with Crippen molar-refractivity contribution in [3.63, 3.8) is 0 Å². The lowest BCUT2D eigenvalue weighted by atomic mass is 10.5. The van der Waals surface area contributed by atoms with Crippen LogP contribution in [0.25, 0.3) is 0 Å². The molecule has 1 aromatic heterocycles. The Kier molecular flexibility index (Phi) is 4.13. The van der Waals surface area contributed by atoms with Gasteiger partial charge in [0.25, 0.3) is 0 Å². The summed E-state index contributed by atoms with van der Waals surface area (Å²) in [4.78, 5) is 10.6. The summed E-state index contributed by atoms with van der Waals surface area (Å²) in [6.07, 6.45) is 1.47. The Balaban J connectivity index is 2.57. The van der Waals surface area contributed by atoms with Gasteiger partial charge in [-0.05, 0) is 18.3 Å². The Labute approximate surface area is 95.1 Å². The first kappa shape index (κ1) is 11.5. The molecule has 1 heterocycles. The number of nitrogens with zero attached hydrogens (tertiary/aromatic N) is 2. The highest BCUT2D eigenvalue weighted by Crippen LogP contribution is 2.22. The summed E-state index contributed by atoms with van der Waals surface area (Å²) in [5.41, 5.74) is 2.55. The van der Waals surface area contributed by atoms with E-state index >= 15 is 0 Å². The third kappa shape index (κ3) is 3.60. The molecule has 8 heteroatoms. The average Bonchev–Trinajstić information content (AvgIpc) is 2.66. The van der Waals surface area contributed by atoms with Crippen LogP contribution in [0.1, 0.15) is 4.88 Å². The molecule has 2 N–H and O–H groups in total. The Morgan fingerprint density at radius 1 is 1.73 bits per heavy atom. The maximum absolute atomic E-state index is 10.4. The number of nitro groups is 1. The van der Waals surface area contributed by atoms with Gasteiger partial charge in [0.15, 0.2) is 5.11 Å². The van der Waals surface area contributed by atoms with Crippen LogP contribution >= 0.6 is 23.6 Å². The summed E-state index contributed by atoms with van der Waals surface area (Å²) in [6, 6.07) is 3.05. The highest BCUT2D eigenvalue weighted by atomic mass is 32.1. The molecule has 80 valence electrons. The zero-order chi connectivity index (χ0) is 11.3. The van der Waals surface area contributed by atoms with Crippen LogP contribution in [0.4, 0.5) is 5.00 Å². The molecule has 0 unspecified atom stereocenters. The van der Waals surface area contributed by atoms with Crippen LogP contribution in [0.3, 0.4) is 0 Å². The second-order valence-corrected chi connectivity index (χ2v) is 3.88. The summed E-state index contributed by atoms with van der Waals surface area (Å²) in [7, 11) is 1.67. The summed E-state index contributed by atoms with van der Waals surface area (Å²) in [5.74, 6) is 0. The molecule has 0 aliphatic carbocycles. The number of thiophene rings is 1. The predicted molar refractivity (Wildman–Crippen MR) is 63.4 cm³/mol. The maximum Gasteiger partial charge on any atom is 0.324 e. The minimum Gasteiger partial charge on any atom is -0.364 e. The molecule has 0 spiro atoms. The number of nitrogens with one attached hydrogen (secondary N) is 2. The lowest BCUT2D eigenvalue weighted by Crippen LogP contribution is -2.28. The number of hydrogen-bond donors (Lipinski definition) is 2. The monoisotopic (exact) mass is 244 g/mol. The zero-order valence-electron chi connectivity index (χ0n) is 7.76. The third-order valence-electron chi connectivity index (χ3n) is 1.38. The van der Waals surface area contributed by atoms with Crippen molar-refractivity contribution in [1.82, 2.24) is 10.7 Å². The third-order valence-corrected chi connectivity index (χ3v) is 2.64. The van der Waals surface area contributed by atoms with Gasteiger partial charge in [0.05, 0.1) is 16.0 Å². The molecule has 0 amide bonds. The van der Waals surface area contributed by atoms with Gasteiger partial charge in [0.2, 0.25) is 0 Å². The minimum absolute atomic E-state index is 0.0904. The van der Waals surface area contributed by atoms with E-state index in [1.54, 1.807) is 13.1 Å². The largest absolute Gasteiger partial charge is 0.364 e. The van der Waals surface area contributed by atoms with E-state index in [2.05, 4.69) is 15.8 Å². The quantitative estimate of drug-likeness (QED) is 0.360. The first-order valence-corrected chi connectivity index (χ1v) is 5.11. The molecule has 0 radical (unpaired) electrons. The van der Waals surface area contributed by atoms with Gasteiger partial charge in [0.1, 0.15) is 0 Å². The molecule has 0 aliphatic heterocycles. The fourth-order valence-corrected chi connectivity index (χ4v) is 1.47. The van der Waals surface area contributed by atoms with Crippen LogP contribution in [-0.4, -0.2) is 23.3 Å². The second kappa shape index (κ2) is 5.37. The van der Waals surface area contributed by atoms with Crippen molar-refractivity contribution >= 4 is 39.9 Å². The molecule has 6 nitrogen and oxygen atoms in total. The standard InChI is InChI=1S/C7H8N4O2S2/c1-8-7(14)10-9-4-5-2-3-6(15-5)11(12)13/h2-4H,1H3,(H2,8,10,14). The maximum atomic E-state index is 10.4. The van der Waals surface area contributed by atoms with Crippen LogP contribution in [0.15, 0.2) is 17.2 Å². The Bertz CT molecular complexity index is 401. The summed E-state index contributed by atoms with van der Waals surface area (Å²) in [5, 5.41) is 17.3. The molecule has 0 saturated carbocycles. The van der Waals surface area contributed by atoms with Crippen LogP contribution < -0.4 is 10.7 Å². The molecular formula is C7H8N4O2S2. The van der Waals surface area contributed by atoms with Gasteiger partial charge in [0, 0.05) is 13.1 Å². The fourth-order valence-electron chi connectivity index (χ4n) is 0.720. The van der Waals surface area contributed by atoms with E-state index in [4.69, 9.17) is 12.2 Å². The van der Waals surface area contributed by atoms with E-state index in [0.29, 0.717) is 9.99 Å². The summed E-state index contributed by atoms with van der Waals surface area (Å²) < 4.78 is 0. The first-order chi connectivity index (χ1) is 7.13. The van der Waals surface area contributed by atoms with Gasteiger partial charge in [-0.25, -0.2) is 0 Å². The first-order valence-electron chi connectivity index (χ1n) is 3.88. The van der Waals surface area contributed by atoms with Crippen molar-refractivity contribution in [3.05, 3.63) is 27.1 Å². The van der Waals surface area contributed by atoms with Crippen molar-refractivity contribution < 1.29 is 4.92 Å². The minimum atomic E-state index is -0.437. The van der Waals surface area contributed by atoms with Crippen LogP contribution in [0.5, 0.6) is 0 Å². The number of rotatable bonds is 3. The van der Waals surface area contributed by atoms with E-state index < -0.39 is 4.92 Å². The normalized spacial score (nSPS) is 10.2. The van der Waals surface area contributed by atoms with E-state index in [0.717, 1.165) is 11.3 Å². The zero-order valence-corrected chi connectivity index (χ0v) is 9.39. The van der Waals surface area contributed by atoms with Crippen molar-refractivity contribution in [2.75, 3.05) is 7.05 Å². The summed E-state index contributed by atoms with van der Waals surface area (Å²) >= 11 is 5.82. The van der Waals surface area contributed by atoms with Crippen LogP contribution in [0, 0.1) is 10.1 Å². The number of hydrogen-bond acceptors (Lipinski definition) is 5. The smallest absolute Gasteiger partial charge is 0.324 e. The highest BCUT2D eigenvalue weighted by molar-refractivity contribution is 7.80. The van der Waals surface area contributed by atoms with Gasteiger partial charge in [-0.2, -0.15) is 5.10 Å². The van der Waals surface area contributed by atoms with E-state index in [-0.39, 0.29) is 5.00 Å². The highest BCUT2D eigenvalue weighted by Gasteiger charge is 2.07. The number of thiocarbonyl (C=S) groups is 1. The molecule has 15 heavy (non-hydrogen) atoms. The topological polar surface area (TPSA) is 79.6 Å². The van der Waals surface area contributed by atoms with Crippen molar-refractivity contribution in [2.45, 2.75) is 0 Å². The van der Waals surface area contributed by atoms with Crippen LogP contribution in [0.2, 0.25) is 0 Å². The molecule has 0 fully saturated rings. The van der Waals surface area contributed by atoms with Crippen molar-refractivity contribution in [3.8, 4) is 0 Å². The second-order valence-electron chi connectivity index (χ2n) is 2.38. The van der Waals surface area contributed by atoms with Crippen molar-refractivity contribution in [1.29, 1.82) is 0 Å². The van der Waals surface area contributed by atoms with Crippen molar-refractivity contribution in [2.24, 2.45) is 5.10 Å². The lowest BCUT2D eigenvalue weighted by molar-refractivity contribution is -0.380. The molecule has 0 aliphatic rings. The Morgan fingerprint density at radius 3 is 3.00 bits per heavy atom. The predicted octanol–water partition coefficient (Wildman–Crippen LogP) is 1.08. The summed E-state index contributed by atoms with van der Waals surface area (Å²) in [6.45, 7) is 0. The molecular weight excluding hydrogens is 236 g/mol. The van der Waals surface area contributed by atoms with Gasteiger partial charge >= 0.3 is 5.00 Å².